The van der Waals surface area contributed by atoms with Crippen molar-refractivity contribution in [1.82, 2.24) is 4.57 Å². The van der Waals surface area contributed by atoms with Crippen molar-refractivity contribution >= 4 is 43.7 Å². The van der Waals surface area contributed by atoms with Crippen molar-refractivity contribution in [2.45, 2.75) is 0 Å². The number of benzene rings is 10. The van der Waals surface area contributed by atoms with Gasteiger partial charge in [0.2, 0.25) is 0 Å². The maximum Gasteiger partial charge on any atom is 0.135 e. The zero-order valence-electron chi connectivity index (χ0n) is 33.9. The van der Waals surface area contributed by atoms with Gasteiger partial charge in [-0.05, 0) is 140 Å². The standard InChI is InChI=1S/C60H39NO/c1-4-28-57-53(25-1)54-26-2-5-29-58(54)61(57)52-24-12-23-50(38-52)48-21-10-19-46(36-48)44-17-8-15-42(34-44)40-13-7-14-41(33-40)43-16-9-18-45(35-43)47-20-11-22-49(37-47)51-31-32-60-56(39-51)55-27-3-6-30-59(55)62-60/h1-39H. The highest BCUT2D eigenvalue weighted by molar-refractivity contribution is 6.09. The van der Waals surface area contributed by atoms with Crippen molar-refractivity contribution in [3.05, 3.63) is 237 Å². The van der Waals surface area contributed by atoms with Crippen molar-refractivity contribution in [2.24, 2.45) is 0 Å². The second-order valence-corrected chi connectivity index (χ2v) is 16.1. The van der Waals surface area contributed by atoms with Crippen LogP contribution in [0.2, 0.25) is 0 Å². The van der Waals surface area contributed by atoms with E-state index >= 15 is 0 Å². The summed E-state index contributed by atoms with van der Waals surface area (Å²) in [5.74, 6) is 0. The van der Waals surface area contributed by atoms with E-state index in [2.05, 4.69) is 229 Å². The zero-order chi connectivity index (χ0) is 41.0. The Hall–Kier alpha value is -8.20. The summed E-state index contributed by atoms with van der Waals surface area (Å²) in [6, 6.07) is 85.5. The minimum absolute atomic E-state index is 0.913. The molecule has 12 rings (SSSR count). The summed E-state index contributed by atoms with van der Waals surface area (Å²) in [7, 11) is 0. The SMILES string of the molecule is c1cc(-c2cccc(-c3cccc(-c4cccc(-n5c6ccccc6c6ccccc65)c4)c3)c2)cc(-c2cccc(-c3cccc(-c4ccc5oc6ccccc6c5c4)c3)c2)c1. The van der Waals surface area contributed by atoms with E-state index in [4.69, 9.17) is 4.42 Å². The van der Waals surface area contributed by atoms with Crippen LogP contribution in [-0.4, -0.2) is 4.57 Å². The van der Waals surface area contributed by atoms with Crippen LogP contribution in [0.15, 0.2) is 241 Å². The minimum Gasteiger partial charge on any atom is -0.456 e. The van der Waals surface area contributed by atoms with Gasteiger partial charge in [-0.1, -0.05) is 164 Å². The summed E-state index contributed by atoms with van der Waals surface area (Å²) in [6.45, 7) is 0. The van der Waals surface area contributed by atoms with Crippen LogP contribution in [0.4, 0.5) is 0 Å². The molecule has 12 aromatic rings. The molecule has 0 aliphatic rings. The fraction of sp³-hybridized carbons (Fsp3) is 0. The molecule has 2 nitrogen and oxygen atoms in total. The molecule has 290 valence electrons. The molecule has 0 saturated heterocycles. The van der Waals surface area contributed by atoms with Gasteiger partial charge in [0.1, 0.15) is 11.2 Å². The van der Waals surface area contributed by atoms with E-state index in [1.807, 2.05) is 12.1 Å². The third-order valence-electron chi connectivity index (χ3n) is 12.4. The van der Waals surface area contributed by atoms with Crippen LogP contribution < -0.4 is 0 Å². The first-order chi connectivity index (χ1) is 30.7. The van der Waals surface area contributed by atoms with Crippen LogP contribution in [0, 0.1) is 0 Å². The molecule has 62 heavy (non-hydrogen) atoms. The van der Waals surface area contributed by atoms with Crippen molar-refractivity contribution in [2.75, 3.05) is 0 Å². The highest BCUT2D eigenvalue weighted by Gasteiger charge is 2.14. The zero-order valence-corrected chi connectivity index (χ0v) is 33.9. The molecule has 2 heteroatoms. The van der Waals surface area contributed by atoms with Crippen LogP contribution in [0.3, 0.4) is 0 Å². The first kappa shape index (κ1) is 35.7. The van der Waals surface area contributed by atoms with Crippen LogP contribution in [0.25, 0.3) is 116 Å². The highest BCUT2D eigenvalue weighted by Crippen LogP contribution is 2.37. The molecule has 2 heterocycles. The largest absolute Gasteiger partial charge is 0.456 e. The third kappa shape index (κ3) is 6.29. The normalized spacial score (nSPS) is 11.5. The van der Waals surface area contributed by atoms with Gasteiger partial charge in [-0.2, -0.15) is 0 Å². The fourth-order valence-corrected chi connectivity index (χ4v) is 9.32. The van der Waals surface area contributed by atoms with E-state index in [1.165, 1.54) is 88.6 Å². The quantitative estimate of drug-likeness (QED) is 0.157. The van der Waals surface area contributed by atoms with Crippen LogP contribution >= 0.6 is 0 Å². The summed E-state index contributed by atoms with van der Waals surface area (Å²) in [4.78, 5) is 0. The Bertz CT molecular complexity index is 3600. The number of hydrogen-bond donors (Lipinski definition) is 0. The molecule has 0 unspecified atom stereocenters. The molecule has 0 radical (unpaired) electrons. The summed E-state index contributed by atoms with van der Waals surface area (Å²) < 4.78 is 8.49. The lowest BCUT2D eigenvalue weighted by Crippen LogP contribution is -1.94. The first-order valence-corrected chi connectivity index (χ1v) is 21.2. The molecule has 0 N–H and O–H groups in total. The maximum absolute atomic E-state index is 6.10. The van der Waals surface area contributed by atoms with Crippen molar-refractivity contribution in [1.29, 1.82) is 0 Å². The number of fused-ring (bicyclic) bond motifs is 6. The molecule has 0 fully saturated rings. The summed E-state index contributed by atoms with van der Waals surface area (Å²) in [5, 5.41) is 4.82. The van der Waals surface area contributed by atoms with Gasteiger partial charge in [0.05, 0.1) is 11.0 Å². The Balaban J connectivity index is 0.833. The maximum atomic E-state index is 6.10. The van der Waals surface area contributed by atoms with Gasteiger partial charge in [-0.15, -0.1) is 0 Å². The lowest BCUT2D eigenvalue weighted by molar-refractivity contribution is 0.669. The molecule has 0 spiro atoms. The van der Waals surface area contributed by atoms with Crippen molar-refractivity contribution < 1.29 is 4.42 Å². The molecular formula is C60H39NO. The lowest BCUT2D eigenvalue weighted by Gasteiger charge is -2.12. The number of nitrogens with zero attached hydrogens (tertiary/aromatic N) is 1. The predicted octanol–water partition coefficient (Wildman–Crippen LogP) is 16.7. The predicted molar refractivity (Wildman–Crippen MR) is 261 cm³/mol. The number of furan rings is 1. The molecule has 0 atom stereocenters. The van der Waals surface area contributed by atoms with E-state index in [0.717, 1.165) is 27.6 Å². The van der Waals surface area contributed by atoms with Gasteiger partial charge in [-0.25, -0.2) is 0 Å². The molecule has 0 saturated carbocycles. The third-order valence-corrected chi connectivity index (χ3v) is 12.4. The average molecular weight is 790 g/mol. The first-order valence-electron chi connectivity index (χ1n) is 21.2. The molecule has 0 aliphatic carbocycles. The molecule has 2 aromatic heterocycles. The lowest BCUT2D eigenvalue weighted by atomic mass is 9.93. The van der Waals surface area contributed by atoms with Gasteiger partial charge in [0.15, 0.2) is 0 Å². The number of hydrogen-bond acceptors (Lipinski definition) is 1. The smallest absolute Gasteiger partial charge is 0.135 e. The monoisotopic (exact) mass is 789 g/mol. The number of aromatic nitrogens is 1. The molecule has 0 bridgehead atoms. The van der Waals surface area contributed by atoms with E-state index < -0.39 is 0 Å². The topological polar surface area (TPSA) is 18.1 Å². The number of rotatable bonds is 7. The van der Waals surface area contributed by atoms with Crippen LogP contribution in [0.5, 0.6) is 0 Å². The summed E-state index contributed by atoms with van der Waals surface area (Å²) in [5.41, 5.74) is 19.7. The Morgan fingerprint density at radius 2 is 0.565 bits per heavy atom. The van der Waals surface area contributed by atoms with Crippen LogP contribution in [0.1, 0.15) is 0 Å². The molecule has 0 amide bonds. The molecule has 10 aromatic carbocycles. The van der Waals surface area contributed by atoms with Gasteiger partial charge in [0, 0.05) is 27.2 Å². The van der Waals surface area contributed by atoms with Gasteiger partial charge in [-0.3, -0.25) is 0 Å². The Kier molecular flexibility index (Phi) is 8.53. The fourth-order valence-electron chi connectivity index (χ4n) is 9.32. The number of para-hydroxylation sites is 3. The second-order valence-electron chi connectivity index (χ2n) is 16.1. The second kappa shape index (κ2) is 14.8. The molecule has 0 aliphatic heterocycles. The van der Waals surface area contributed by atoms with Crippen molar-refractivity contribution in [3.8, 4) is 72.4 Å². The Morgan fingerprint density at radius 3 is 1.02 bits per heavy atom. The van der Waals surface area contributed by atoms with Gasteiger partial charge >= 0.3 is 0 Å². The van der Waals surface area contributed by atoms with Crippen molar-refractivity contribution in [3.63, 3.8) is 0 Å². The van der Waals surface area contributed by atoms with E-state index in [1.54, 1.807) is 0 Å². The Labute approximate surface area is 360 Å². The highest BCUT2D eigenvalue weighted by atomic mass is 16.3. The van der Waals surface area contributed by atoms with E-state index in [-0.39, 0.29) is 0 Å². The molecular weight excluding hydrogens is 751 g/mol. The van der Waals surface area contributed by atoms with Gasteiger partial charge in [0.25, 0.3) is 0 Å². The van der Waals surface area contributed by atoms with Crippen LogP contribution in [-0.2, 0) is 0 Å². The average Bonchev–Trinajstić information content (AvgIpc) is 3.90. The van der Waals surface area contributed by atoms with E-state index in [9.17, 15) is 0 Å². The van der Waals surface area contributed by atoms with E-state index in [0.29, 0.717) is 0 Å². The Morgan fingerprint density at radius 1 is 0.226 bits per heavy atom. The minimum atomic E-state index is 0.913. The van der Waals surface area contributed by atoms with Gasteiger partial charge < -0.3 is 8.98 Å². The summed E-state index contributed by atoms with van der Waals surface area (Å²) in [6.07, 6.45) is 0. The summed E-state index contributed by atoms with van der Waals surface area (Å²) >= 11 is 0.